The zero-order chi connectivity index (χ0) is 26.4. The second kappa shape index (κ2) is 9.84. The molecule has 0 spiro atoms. The summed E-state index contributed by atoms with van der Waals surface area (Å²) in [5.74, 6) is 0. The van der Waals surface area contributed by atoms with E-state index < -0.39 is 0 Å². The molecule has 3 N–H and O–H groups in total. The molecule has 1 aliphatic heterocycles. The summed E-state index contributed by atoms with van der Waals surface area (Å²) in [6.07, 6.45) is 11.4. The lowest BCUT2D eigenvalue weighted by Gasteiger charge is -2.41. The van der Waals surface area contributed by atoms with Crippen molar-refractivity contribution in [3.8, 4) is 0 Å². The van der Waals surface area contributed by atoms with Crippen LogP contribution in [0.3, 0.4) is 0 Å². The van der Waals surface area contributed by atoms with Crippen molar-refractivity contribution in [2.75, 3.05) is 0 Å². The summed E-state index contributed by atoms with van der Waals surface area (Å²) in [5.41, 5.74) is 7.04. The SMILES string of the molecule is Cc1cc(C)c(CNCc2cc(C3=CC(C)(C)NC(C)(C)C3)nc3c2cnn3C2CCCCC2)c(=O)[nH]1. The Bertz CT molecular complexity index is 1390. The molecule has 3 aromatic rings. The van der Waals surface area contributed by atoms with Crippen LogP contribution in [-0.2, 0) is 13.1 Å². The summed E-state index contributed by atoms with van der Waals surface area (Å²) in [7, 11) is 0. The molecular formula is C30H42N6O. The van der Waals surface area contributed by atoms with Gasteiger partial charge in [-0.15, -0.1) is 0 Å². The first-order chi connectivity index (χ1) is 17.5. The van der Waals surface area contributed by atoms with Gasteiger partial charge in [0.1, 0.15) is 0 Å². The van der Waals surface area contributed by atoms with Gasteiger partial charge in [-0.25, -0.2) is 9.67 Å². The predicted molar refractivity (Wildman–Crippen MR) is 151 cm³/mol. The van der Waals surface area contributed by atoms with Gasteiger partial charge >= 0.3 is 0 Å². The maximum Gasteiger partial charge on any atom is 0.252 e. The second-order valence-corrected chi connectivity index (χ2v) is 12.4. The Balaban J connectivity index is 1.52. The predicted octanol–water partition coefficient (Wildman–Crippen LogP) is 5.47. The summed E-state index contributed by atoms with van der Waals surface area (Å²) in [4.78, 5) is 20.7. The summed E-state index contributed by atoms with van der Waals surface area (Å²) in [5, 5.41) is 13.3. The summed E-state index contributed by atoms with van der Waals surface area (Å²) >= 11 is 0. The van der Waals surface area contributed by atoms with Gasteiger partial charge in [0.2, 0.25) is 0 Å². The fraction of sp³-hybridized carbons (Fsp3) is 0.567. The van der Waals surface area contributed by atoms with E-state index in [1.165, 1.54) is 43.2 Å². The Hall–Kier alpha value is -2.77. The van der Waals surface area contributed by atoms with Crippen LogP contribution in [0, 0.1) is 13.8 Å². The number of nitrogens with one attached hydrogen (secondary N) is 3. The number of hydrogen-bond acceptors (Lipinski definition) is 5. The highest BCUT2D eigenvalue weighted by atomic mass is 16.1. The highest BCUT2D eigenvalue weighted by Crippen LogP contribution is 2.36. The number of rotatable bonds is 6. The lowest BCUT2D eigenvalue weighted by atomic mass is 9.82. The maximum atomic E-state index is 12.5. The first-order valence-electron chi connectivity index (χ1n) is 13.8. The molecular weight excluding hydrogens is 460 g/mol. The van der Waals surface area contributed by atoms with Crippen LogP contribution in [0.5, 0.6) is 0 Å². The highest BCUT2D eigenvalue weighted by molar-refractivity contribution is 5.82. The molecule has 3 aromatic heterocycles. The van der Waals surface area contributed by atoms with Crippen LogP contribution < -0.4 is 16.2 Å². The van der Waals surface area contributed by atoms with Gasteiger partial charge in [-0.3, -0.25) is 4.79 Å². The standard InChI is InChI=1S/C30H42N6O/c1-19-12-20(2)33-28(37)24(19)17-31-16-21-13-26(22-14-29(3,4)35-30(5,6)15-22)34-27-25(21)18-32-36(27)23-10-8-7-9-11-23/h12-14,18,23,31,35H,7-11,15-17H2,1-6H3,(H,33,37). The van der Waals surface area contributed by atoms with Gasteiger partial charge in [0.15, 0.2) is 5.65 Å². The number of aromatic amines is 1. The van der Waals surface area contributed by atoms with Gasteiger partial charge < -0.3 is 15.6 Å². The average molecular weight is 503 g/mol. The van der Waals surface area contributed by atoms with E-state index in [0.717, 1.165) is 40.0 Å². The number of aryl methyl sites for hydroxylation is 2. The van der Waals surface area contributed by atoms with Crippen molar-refractivity contribution in [1.82, 2.24) is 30.4 Å². The minimum Gasteiger partial charge on any atom is -0.326 e. The van der Waals surface area contributed by atoms with E-state index in [2.05, 4.69) is 60.1 Å². The highest BCUT2D eigenvalue weighted by Gasteiger charge is 2.33. The van der Waals surface area contributed by atoms with Crippen LogP contribution in [0.1, 0.15) is 100 Å². The van der Waals surface area contributed by atoms with Crippen molar-refractivity contribution < 1.29 is 0 Å². The molecule has 1 fully saturated rings. The average Bonchev–Trinajstić information content (AvgIpc) is 3.23. The fourth-order valence-corrected chi connectivity index (χ4v) is 6.49. The Morgan fingerprint density at radius 3 is 2.54 bits per heavy atom. The molecule has 1 saturated carbocycles. The van der Waals surface area contributed by atoms with Gasteiger partial charge in [0.05, 0.1) is 17.9 Å². The Morgan fingerprint density at radius 2 is 1.84 bits per heavy atom. The van der Waals surface area contributed by atoms with Crippen molar-refractivity contribution in [2.45, 2.75) is 110 Å². The molecule has 37 heavy (non-hydrogen) atoms. The van der Waals surface area contributed by atoms with Crippen LogP contribution in [-0.4, -0.2) is 30.8 Å². The quantitative estimate of drug-likeness (QED) is 0.416. The molecule has 0 aromatic carbocycles. The van der Waals surface area contributed by atoms with Crippen molar-refractivity contribution >= 4 is 16.6 Å². The van der Waals surface area contributed by atoms with Gasteiger partial charge in [0.25, 0.3) is 5.56 Å². The van der Waals surface area contributed by atoms with E-state index in [4.69, 9.17) is 10.1 Å². The third kappa shape index (κ3) is 5.58. The lowest BCUT2D eigenvalue weighted by Crippen LogP contribution is -2.53. The number of H-pyrrole nitrogens is 1. The first-order valence-corrected chi connectivity index (χ1v) is 13.8. The zero-order valence-corrected chi connectivity index (χ0v) is 23.3. The Labute approximate surface area is 220 Å². The van der Waals surface area contributed by atoms with E-state index in [9.17, 15) is 4.79 Å². The van der Waals surface area contributed by atoms with E-state index >= 15 is 0 Å². The third-order valence-corrected chi connectivity index (χ3v) is 7.84. The summed E-state index contributed by atoms with van der Waals surface area (Å²) in [6.45, 7) is 14.1. The topological polar surface area (TPSA) is 87.6 Å². The third-order valence-electron chi connectivity index (χ3n) is 7.84. The largest absolute Gasteiger partial charge is 0.326 e. The number of aromatic nitrogens is 4. The van der Waals surface area contributed by atoms with Crippen molar-refractivity contribution in [2.24, 2.45) is 0 Å². The van der Waals surface area contributed by atoms with Crippen molar-refractivity contribution in [3.63, 3.8) is 0 Å². The molecule has 0 unspecified atom stereocenters. The number of hydrogen-bond donors (Lipinski definition) is 3. The van der Waals surface area contributed by atoms with Crippen LogP contribution in [0.4, 0.5) is 0 Å². The van der Waals surface area contributed by atoms with E-state index in [-0.39, 0.29) is 16.6 Å². The van der Waals surface area contributed by atoms with Gasteiger partial charge in [0, 0.05) is 40.8 Å². The lowest BCUT2D eigenvalue weighted by molar-refractivity contribution is 0.297. The van der Waals surface area contributed by atoms with Crippen molar-refractivity contribution in [3.05, 3.63) is 62.8 Å². The molecule has 0 bridgehead atoms. The van der Waals surface area contributed by atoms with E-state index in [0.29, 0.717) is 19.1 Å². The molecule has 5 rings (SSSR count). The molecule has 198 valence electrons. The number of fused-ring (bicyclic) bond motifs is 1. The smallest absolute Gasteiger partial charge is 0.252 e. The van der Waals surface area contributed by atoms with Gasteiger partial charge in [-0.2, -0.15) is 5.10 Å². The molecule has 0 saturated heterocycles. The second-order valence-electron chi connectivity index (χ2n) is 12.4. The van der Waals surface area contributed by atoms with Gasteiger partial charge in [-0.1, -0.05) is 25.3 Å². The number of nitrogens with zero attached hydrogens (tertiary/aromatic N) is 3. The molecule has 7 nitrogen and oxygen atoms in total. The summed E-state index contributed by atoms with van der Waals surface area (Å²) in [6, 6.07) is 4.68. The maximum absolute atomic E-state index is 12.5. The van der Waals surface area contributed by atoms with Crippen LogP contribution >= 0.6 is 0 Å². The molecule has 0 atom stereocenters. The fourth-order valence-electron chi connectivity index (χ4n) is 6.49. The Morgan fingerprint density at radius 1 is 1.08 bits per heavy atom. The Kier molecular flexibility index (Phi) is 6.88. The van der Waals surface area contributed by atoms with Crippen LogP contribution in [0.2, 0.25) is 0 Å². The minimum atomic E-state index is -0.111. The first kappa shape index (κ1) is 25.9. The molecule has 2 aliphatic rings. The molecule has 4 heterocycles. The van der Waals surface area contributed by atoms with Crippen molar-refractivity contribution in [1.29, 1.82) is 0 Å². The van der Waals surface area contributed by atoms with Crippen LogP contribution in [0.15, 0.2) is 29.2 Å². The van der Waals surface area contributed by atoms with E-state index in [1.54, 1.807) is 0 Å². The zero-order valence-electron chi connectivity index (χ0n) is 23.3. The monoisotopic (exact) mass is 502 g/mol. The van der Waals surface area contributed by atoms with Crippen LogP contribution in [0.25, 0.3) is 16.6 Å². The molecule has 1 aliphatic carbocycles. The van der Waals surface area contributed by atoms with Gasteiger partial charge in [-0.05, 0) is 89.6 Å². The minimum absolute atomic E-state index is 0.0139. The number of pyridine rings is 2. The van der Waals surface area contributed by atoms with E-state index in [1.807, 2.05) is 26.1 Å². The molecule has 0 amide bonds. The normalized spacial score (nSPS) is 19.8. The summed E-state index contributed by atoms with van der Waals surface area (Å²) < 4.78 is 2.19. The molecule has 0 radical (unpaired) electrons. The molecule has 7 heteroatoms.